The van der Waals surface area contributed by atoms with Crippen molar-refractivity contribution in [1.29, 1.82) is 0 Å². The van der Waals surface area contributed by atoms with Crippen LogP contribution >= 0.6 is 11.6 Å². The van der Waals surface area contributed by atoms with Crippen molar-refractivity contribution in [3.05, 3.63) is 40.5 Å². The summed E-state index contributed by atoms with van der Waals surface area (Å²) in [6.07, 6.45) is -9.67. The van der Waals surface area contributed by atoms with Crippen molar-refractivity contribution in [3.63, 3.8) is 0 Å². The van der Waals surface area contributed by atoms with Crippen LogP contribution in [0.2, 0.25) is 5.02 Å². The molecule has 0 bridgehead atoms. The molecular formula is C15H14ClF6N3O3S. The second kappa shape index (κ2) is 7.76. The van der Waals surface area contributed by atoms with Gasteiger partial charge in [0.15, 0.2) is 5.82 Å². The molecule has 0 fully saturated rings. The standard InChI is InChI=1S/C15H14ClF6N3O3S/c1-7(2)25(8(3)12-23-13(28-24-12)15(20,21)22)29(26,27)11-5-4-9(6-10(11)16)14(17,18)19/h4-8H,1-3H3. The first-order valence-corrected chi connectivity index (χ1v) is 9.69. The molecule has 0 aliphatic carbocycles. The summed E-state index contributed by atoms with van der Waals surface area (Å²) < 4.78 is 107. The third kappa shape index (κ3) is 4.83. The van der Waals surface area contributed by atoms with Crippen LogP contribution in [0.4, 0.5) is 26.3 Å². The van der Waals surface area contributed by atoms with Gasteiger partial charge >= 0.3 is 18.2 Å². The van der Waals surface area contributed by atoms with Gasteiger partial charge in [0, 0.05) is 6.04 Å². The van der Waals surface area contributed by atoms with Crippen molar-refractivity contribution in [2.75, 3.05) is 0 Å². The zero-order chi connectivity index (χ0) is 22.4. The summed E-state index contributed by atoms with van der Waals surface area (Å²) in [6, 6.07) is -0.495. The molecule has 1 heterocycles. The highest BCUT2D eigenvalue weighted by molar-refractivity contribution is 7.89. The van der Waals surface area contributed by atoms with Crippen molar-refractivity contribution >= 4 is 21.6 Å². The molecule has 0 N–H and O–H groups in total. The quantitative estimate of drug-likeness (QED) is 0.586. The predicted octanol–water partition coefficient (Wildman–Crippen LogP) is 4.92. The Bertz CT molecular complexity index is 988. The largest absolute Gasteiger partial charge is 0.471 e. The Balaban J connectivity index is 2.50. The molecule has 162 valence electrons. The smallest absolute Gasteiger partial charge is 0.329 e. The monoisotopic (exact) mass is 465 g/mol. The molecule has 0 aliphatic heterocycles. The first kappa shape index (κ1) is 23.4. The summed E-state index contributed by atoms with van der Waals surface area (Å²) in [5.74, 6) is -2.23. The maximum Gasteiger partial charge on any atom is 0.471 e. The van der Waals surface area contributed by atoms with Crippen LogP contribution in [0.15, 0.2) is 27.6 Å². The van der Waals surface area contributed by atoms with E-state index in [1.165, 1.54) is 20.8 Å². The molecule has 2 rings (SSSR count). The molecular weight excluding hydrogens is 452 g/mol. The van der Waals surface area contributed by atoms with Gasteiger partial charge in [-0.2, -0.15) is 35.6 Å². The number of nitrogens with zero attached hydrogens (tertiary/aromatic N) is 3. The fourth-order valence-corrected chi connectivity index (χ4v) is 4.88. The minimum atomic E-state index is -4.93. The van der Waals surface area contributed by atoms with Crippen molar-refractivity contribution in [1.82, 2.24) is 14.4 Å². The molecule has 0 amide bonds. The number of rotatable bonds is 5. The average Bonchev–Trinajstić information content (AvgIpc) is 3.03. The van der Waals surface area contributed by atoms with Gasteiger partial charge in [-0.25, -0.2) is 8.42 Å². The van der Waals surface area contributed by atoms with E-state index in [1.54, 1.807) is 0 Å². The molecule has 1 aromatic heterocycles. The number of benzene rings is 1. The summed E-state index contributed by atoms with van der Waals surface area (Å²) in [5.41, 5.74) is -1.15. The highest BCUT2D eigenvalue weighted by Crippen LogP contribution is 2.37. The third-order valence-corrected chi connectivity index (χ3v) is 6.39. The number of alkyl halides is 6. The Kier molecular flexibility index (Phi) is 6.27. The lowest BCUT2D eigenvalue weighted by Gasteiger charge is -2.30. The van der Waals surface area contributed by atoms with Gasteiger partial charge in [0.25, 0.3) is 0 Å². The molecule has 0 saturated carbocycles. The Hall–Kier alpha value is -1.86. The Morgan fingerprint density at radius 1 is 1.07 bits per heavy atom. The van der Waals surface area contributed by atoms with Gasteiger partial charge in [-0.15, -0.1) is 0 Å². The van der Waals surface area contributed by atoms with E-state index >= 15 is 0 Å². The van der Waals surface area contributed by atoms with Crippen LogP contribution in [0.1, 0.15) is 44.1 Å². The lowest BCUT2D eigenvalue weighted by atomic mass is 10.2. The van der Waals surface area contributed by atoms with Crippen LogP contribution in [0.3, 0.4) is 0 Å². The molecule has 14 heteroatoms. The minimum Gasteiger partial charge on any atom is -0.329 e. The van der Waals surface area contributed by atoms with Crippen molar-refractivity contribution in [2.24, 2.45) is 0 Å². The topological polar surface area (TPSA) is 76.3 Å². The van der Waals surface area contributed by atoms with Crippen molar-refractivity contribution in [2.45, 2.75) is 50.1 Å². The van der Waals surface area contributed by atoms with Gasteiger partial charge in [0.2, 0.25) is 10.0 Å². The summed E-state index contributed by atoms with van der Waals surface area (Å²) >= 11 is 5.78. The van der Waals surface area contributed by atoms with E-state index in [-0.39, 0.29) is 0 Å². The molecule has 1 atom stereocenters. The highest BCUT2D eigenvalue weighted by Gasteiger charge is 2.41. The Morgan fingerprint density at radius 3 is 2.07 bits per heavy atom. The van der Waals surface area contributed by atoms with Gasteiger partial charge in [-0.3, -0.25) is 0 Å². The SMILES string of the molecule is CC(C)N(C(C)c1noc(C(F)(F)F)n1)S(=O)(=O)c1ccc(C(F)(F)F)cc1Cl. The van der Waals surface area contributed by atoms with Gasteiger partial charge in [-0.1, -0.05) is 16.8 Å². The van der Waals surface area contributed by atoms with Crippen LogP contribution < -0.4 is 0 Å². The second-order valence-corrected chi connectivity index (χ2v) is 8.42. The number of hydrogen-bond acceptors (Lipinski definition) is 5. The van der Waals surface area contributed by atoms with E-state index in [4.69, 9.17) is 11.6 Å². The molecule has 29 heavy (non-hydrogen) atoms. The van der Waals surface area contributed by atoms with Crippen molar-refractivity contribution < 1.29 is 39.3 Å². The minimum absolute atomic E-state index is 0.452. The molecule has 0 saturated heterocycles. The number of hydrogen-bond donors (Lipinski definition) is 0. The van der Waals surface area contributed by atoms with Crippen molar-refractivity contribution in [3.8, 4) is 0 Å². The molecule has 0 radical (unpaired) electrons. The van der Waals surface area contributed by atoms with E-state index in [1.807, 2.05) is 0 Å². The van der Waals surface area contributed by atoms with E-state index in [9.17, 15) is 34.8 Å². The van der Waals surface area contributed by atoms with Crippen LogP contribution in [-0.2, 0) is 22.4 Å². The van der Waals surface area contributed by atoms with E-state index in [0.29, 0.717) is 18.2 Å². The summed E-state index contributed by atoms with van der Waals surface area (Å²) in [6.45, 7) is 4.04. The average molecular weight is 466 g/mol. The van der Waals surface area contributed by atoms with E-state index < -0.39 is 61.7 Å². The maximum absolute atomic E-state index is 13.0. The first-order chi connectivity index (χ1) is 13.1. The number of aromatic nitrogens is 2. The summed E-state index contributed by atoms with van der Waals surface area (Å²) in [5, 5.41) is 2.48. The lowest BCUT2D eigenvalue weighted by molar-refractivity contribution is -0.159. The van der Waals surface area contributed by atoms with Gasteiger partial charge in [-0.05, 0) is 39.0 Å². The Labute approximate surface area is 166 Å². The highest BCUT2D eigenvalue weighted by atomic mass is 35.5. The van der Waals surface area contributed by atoms with Gasteiger partial charge in [0.05, 0.1) is 16.6 Å². The van der Waals surface area contributed by atoms with E-state index in [2.05, 4.69) is 14.7 Å². The summed E-state index contributed by atoms with van der Waals surface area (Å²) in [4.78, 5) is 2.52. The molecule has 0 aliphatic rings. The zero-order valence-electron chi connectivity index (χ0n) is 15.0. The lowest BCUT2D eigenvalue weighted by Crippen LogP contribution is -2.39. The third-order valence-electron chi connectivity index (χ3n) is 3.76. The number of sulfonamides is 1. The van der Waals surface area contributed by atoms with Gasteiger partial charge in [0.1, 0.15) is 4.90 Å². The fourth-order valence-electron chi connectivity index (χ4n) is 2.57. The molecule has 6 nitrogen and oxygen atoms in total. The zero-order valence-corrected chi connectivity index (χ0v) is 16.6. The van der Waals surface area contributed by atoms with Crippen LogP contribution in [0, 0.1) is 0 Å². The molecule has 0 spiro atoms. The normalized spacial score (nSPS) is 14.6. The fraction of sp³-hybridized carbons (Fsp3) is 0.467. The molecule has 2 aromatic rings. The maximum atomic E-state index is 13.0. The summed E-state index contributed by atoms with van der Waals surface area (Å²) in [7, 11) is -4.54. The molecule has 1 aromatic carbocycles. The number of halogens is 7. The predicted molar refractivity (Wildman–Crippen MR) is 88.3 cm³/mol. The second-order valence-electron chi connectivity index (χ2n) is 6.20. The van der Waals surface area contributed by atoms with E-state index in [0.717, 1.165) is 4.31 Å². The first-order valence-electron chi connectivity index (χ1n) is 7.88. The van der Waals surface area contributed by atoms with Crippen LogP contribution in [0.5, 0.6) is 0 Å². The van der Waals surface area contributed by atoms with Gasteiger partial charge < -0.3 is 4.52 Å². The van der Waals surface area contributed by atoms with Crippen LogP contribution in [-0.4, -0.2) is 28.9 Å². The Morgan fingerprint density at radius 2 is 1.66 bits per heavy atom. The van der Waals surface area contributed by atoms with Crippen LogP contribution in [0.25, 0.3) is 0 Å². The molecule has 1 unspecified atom stereocenters.